The first-order valence-corrected chi connectivity index (χ1v) is 6.15. The van der Waals surface area contributed by atoms with Crippen molar-refractivity contribution >= 4 is 12.3 Å². The highest BCUT2D eigenvalue weighted by molar-refractivity contribution is 5.81. The maximum absolute atomic E-state index is 11.4. The maximum atomic E-state index is 11.4. The highest BCUT2D eigenvalue weighted by Gasteiger charge is 2.44. The molecule has 2 atom stereocenters. The summed E-state index contributed by atoms with van der Waals surface area (Å²) in [6, 6.07) is 0. The van der Waals surface area contributed by atoms with Crippen LogP contribution in [0, 0.1) is 11.8 Å². The summed E-state index contributed by atoms with van der Waals surface area (Å²) in [6.07, 6.45) is 5.04. The van der Waals surface area contributed by atoms with Crippen LogP contribution in [0.3, 0.4) is 0 Å². The topological polar surface area (TPSA) is 46.6 Å². The van der Waals surface area contributed by atoms with E-state index < -0.39 is 0 Å². The number of likely N-dealkylation sites (tertiary alicyclic amines) is 1. The zero-order valence-corrected chi connectivity index (χ0v) is 9.56. The third-order valence-electron chi connectivity index (χ3n) is 3.38. The van der Waals surface area contributed by atoms with Gasteiger partial charge in [0.15, 0.2) is 0 Å². The first kappa shape index (κ1) is 11.6. The Morgan fingerprint density at radius 3 is 2.75 bits per heavy atom. The van der Waals surface area contributed by atoms with E-state index in [1.165, 1.54) is 25.9 Å². The largest absolute Gasteiger partial charge is 0.465 e. The third kappa shape index (κ3) is 3.04. The summed E-state index contributed by atoms with van der Waals surface area (Å²) in [5.41, 5.74) is 0. The van der Waals surface area contributed by atoms with E-state index >= 15 is 0 Å². The summed E-state index contributed by atoms with van der Waals surface area (Å²) in [6.45, 7) is 3.89. The van der Waals surface area contributed by atoms with Gasteiger partial charge in [-0.3, -0.25) is 4.79 Å². The minimum Gasteiger partial charge on any atom is -0.465 e. The Balaban J connectivity index is 1.51. The van der Waals surface area contributed by atoms with Crippen LogP contribution < -0.4 is 0 Å². The van der Waals surface area contributed by atoms with E-state index in [1.54, 1.807) is 0 Å². The molecule has 1 heterocycles. The van der Waals surface area contributed by atoms with Crippen LogP contribution in [0.5, 0.6) is 0 Å². The number of carbonyl (C=O) groups excluding carboxylic acids is 2. The first-order valence-electron chi connectivity index (χ1n) is 6.15. The lowest BCUT2D eigenvalue weighted by molar-refractivity contribution is -0.146. The average Bonchev–Trinajstić information content (AvgIpc) is 2.92. The SMILES string of the molecule is O=CC1CC1C(=O)OCCCN1CCCC1. The van der Waals surface area contributed by atoms with Crippen LogP contribution >= 0.6 is 0 Å². The van der Waals surface area contributed by atoms with Crippen molar-refractivity contribution in [1.82, 2.24) is 4.90 Å². The highest BCUT2D eigenvalue weighted by atomic mass is 16.5. The number of hydrogen-bond donors (Lipinski definition) is 0. The quantitative estimate of drug-likeness (QED) is 0.382. The summed E-state index contributed by atoms with van der Waals surface area (Å²) in [5.74, 6) is -0.381. The number of ether oxygens (including phenoxy) is 1. The number of nitrogens with zero attached hydrogens (tertiary/aromatic N) is 1. The van der Waals surface area contributed by atoms with Crippen LogP contribution in [-0.4, -0.2) is 43.4 Å². The molecule has 16 heavy (non-hydrogen) atoms. The van der Waals surface area contributed by atoms with Gasteiger partial charge in [0.2, 0.25) is 0 Å². The van der Waals surface area contributed by atoms with Gasteiger partial charge in [-0.2, -0.15) is 0 Å². The van der Waals surface area contributed by atoms with Crippen LogP contribution in [0.25, 0.3) is 0 Å². The molecule has 0 radical (unpaired) electrons. The molecule has 4 nitrogen and oxygen atoms in total. The summed E-state index contributed by atoms with van der Waals surface area (Å²) < 4.78 is 5.13. The lowest BCUT2D eigenvalue weighted by atomic mass is 10.3. The number of hydrogen-bond acceptors (Lipinski definition) is 4. The number of esters is 1. The Morgan fingerprint density at radius 1 is 1.38 bits per heavy atom. The van der Waals surface area contributed by atoms with Gasteiger partial charge in [-0.1, -0.05) is 0 Å². The minimum atomic E-state index is -0.182. The van der Waals surface area contributed by atoms with Gasteiger partial charge < -0.3 is 14.4 Å². The second-order valence-corrected chi connectivity index (χ2v) is 4.71. The molecule has 0 bridgehead atoms. The maximum Gasteiger partial charge on any atom is 0.309 e. The third-order valence-corrected chi connectivity index (χ3v) is 3.38. The highest BCUT2D eigenvalue weighted by Crippen LogP contribution is 2.37. The van der Waals surface area contributed by atoms with Crippen molar-refractivity contribution in [2.45, 2.75) is 25.7 Å². The molecule has 1 aliphatic heterocycles. The van der Waals surface area contributed by atoms with Crippen molar-refractivity contribution in [2.24, 2.45) is 11.8 Å². The molecule has 90 valence electrons. The second-order valence-electron chi connectivity index (χ2n) is 4.71. The minimum absolute atomic E-state index is 0.0638. The molecular formula is C12H19NO3. The van der Waals surface area contributed by atoms with E-state index in [0.29, 0.717) is 13.0 Å². The van der Waals surface area contributed by atoms with Gasteiger partial charge in [-0.25, -0.2) is 0 Å². The molecule has 2 unspecified atom stereocenters. The molecule has 0 amide bonds. The monoisotopic (exact) mass is 225 g/mol. The molecule has 2 aliphatic rings. The molecule has 0 aromatic rings. The van der Waals surface area contributed by atoms with Crippen molar-refractivity contribution in [3.8, 4) is 0 Å². The van der Waals surface area contributed by atoms with Gasteiger partial charge in [0.05, 0.1) is 12.5 Å². The summed E-state index contributed by atoms with van der Waals surface area (Å²) in [5, 5.41) is 0. The van der Waals surface area contributed by atoms with Crippen LogP contribution in [-0.2, 0) is 14.3 Å². The number of rotatable bonds is 6. The molecular weight excluding hydrogens is 206 g/mol. The molecule has 0 spiro atoms. The molecule has 1 saturated carbocycles. The van der Waals surface area contributed by atoms with Gasteiger partial charge in [0.1, 0.15) is 6.29 Å². The zero-order valence-electron chi connectivity index (χ0n) is 9.56. The van der Waals surface area contributed by atoms with Crippen LogP contribution in [0.2, 0.25) is 0 Å². The predicted molar refractivity (Wildman–Crippen MR) is 58.9 cm³/mol. The summed E-state index contributed by atoms with van der Waals surface area (Å²) in [7, 11) is 0. The van der Waals surface area contributed by atoms with E-state index in [1.807, 2.05) is 0 Å². The van der Waals surface area contributed by atoms with Crippen molar-refractivity contribution in [3.63, 3.8) is 0 Å². The lowest BCUT2D eigenvalue weighted by Crippen LogP contribution is -2.22. The van der Waals surface area contributed by atoms with Crippen LogP contribution in [0.15, 0.2) is 0 Å². The normalized spacial score (nSPS) is 29.0. The summed E-state index contributed by atoms with van der Waals surface area (Å²) in [4.78, 5) is 24.1. The van der Waals surface area contributed by atoms with Crippen molar-refractivity contribution in [2.75, 3.05) is 26.2 Å². The Hall–Kier alpha value is -0.900. The van der Waals surface area contributed by atoms with E-state index in [4.69, 9.17) is 4.74 Å². The van der Waals surface area contributed by atoms with Gasteiger partial charge in [0.25, 0.3) is 0 Å². The Morgan fingerprint density at radius 2 is 2.12 bits per heavy atom. The molecule has 4 heteroatoms. The molecule has 0 N–H and O–H groups in total. The standard InChI is InChI=1S/C12H19NO3/c14-9-10-8-11(10)12(15)16-7-3-6-13-4-1-2-5-13/h9-11H,1-8H2. The number of carbonyl (C=O) groups is 2. The van der Waals surface area contributed by atoms with Crippen LogP contribution in [0.4, 0.5) is 0 Å². The fourth-order valence-electron chi connectivity index (χ4n) is 2.21. The average molecular weight is 225 g/mol. The molecule has 2 fully saturated rings. The van der Waals surface area contributed by atoms with E-state index in [-0.39, 0.29) is 17.8 Å². The van der Waals surface area contributed by atoms with Crippen molar-refractivity contribution in [3.05, 3.63) is 0 Å². The predicted octanol–water partition coefficient (Wildman–Crippen LogP) is 0.851. The molecule has 1 saturated heterocycles. The molecule has 1 aliphatic carbocycles. The fraction of sp³-hybridized carbons (Fsp3) is 0.833. The zero-order chi connectivity index (χ0) is 11.4. The number of aldehydes is 1. The van der Waals surface area contributed by atoms with Gasteiger partial charge in [-0.05, 0) is 38.8 Å². The molecule has 0 aromatic heterocycles. The molecule has 2 rings (SSSR count). The Kier molecular flexibility index (Phi) is 3.93. The van der Waals surface area contributed by atoms with Gasteiger partial charge in [-0.15, -0.1) is 0 Å². The van der Waals surface area contributed by atoms with Crippen molar-refractivity contribution in [1.29, 1.82) is 0 Å². The second kappa shape index (κ2) is 5.43. The van der Waals surface area contributed by atoms with Crippen molar-refractivity contribution < 1.29 is 14.3 Å². The Labute approximate surface area is 95.9 Å². The Bertz CT molecular complexity index is 261. The first-order chi connectivity index (χ1) is 7.81. The van der Waals surface area contributed by atoms with E-state index in [0.717, 1.165) is 19.3 Å². The summed E-state index contributed by atoms with van der Waals surface area (Å²) >= 11 is 0. The van der Waals surface area contributed by atoms with E-state index in [2.05, 4.69) is 4.90 Å². The molecule has 0 aromatic carbocycles. The van der Waals surface area contributed by atoms with Crippen LogP contribution in [0.1, 0.15) is 25.7 Å². The van der Waals surface area contributed by atoms with E-state index in [9.17, 15) is 9.59 Å². The smallest absolute Gasteiger partial charge is 0.309 e. The van der Waals surface area contributed by atoms with Gasteiger partial charge >= 0.3 is 5.97 Å². The van der Waals surface area contributed by atoms with Gasteiger partial charge in [0, 0.05) is 12.5 Å². The lowest BCUT2D eigenvalue weighted by Gasteiger charge is -2.13. The fourth-order valence-corrected chi connectivity index (χ4v) is 2.21.